The van der Waals surface area contributed by atoms with Crippen LogP contribution in [0.2, 0.25) is 0 Å². The van der Waals surface area contributed by atoms with Crippen LogP contribution in [-0.4, -0.2) is 51.7 Å². The number of hydrogen-bond donors (Lipinski definition) is 2. The minimum atomic E-state index is -0.768. The van der Waals surface area contributed by atoms with Gasteiger partial charge in [0.2, 0.25) is 5.91 Å². The molecule has 2 heterocycles. The first-order chi connectivity index (χ1) is 11.3. The minimum Gasteiger partial charge on any atom is -0.352 e. The number of nitrogens with zero attached hydrogens (tertiary/aromatic N) is 3. The van der Waals surface area contributed by atoms with Crippen LogP contribution in [0.4, 0.5) is 0 Å². The molecule has 0 radical (unpaired) electrons. The average molecular weight is 335 g/mol. The zero-order valence-corrected chi connectivity index (χ0v) is 14.9. The molecule has 1 aliphatic heterocycles. The molecule has 2 rings (SSSR count). The first-order valence-electron chi connectivity index (χ1n) is 8.68. The van der Waals surface area contributed by atoms with E-state index in [9.17, 15) is 9.59 Å². The van der Waals surface area contributed by atoms with Gasteiger partial charge in [-0.05, 0) is 32.1 Å². The van der Waals surface area contributed by atoms with Crippen LogP contribution in [0.1, 0.15) is 49.9 Å². The summed E-state index contributed by atoms with van der Waals surface area (Å²) in [6.45, 7) is 5.91. The van der Waals surface area contributed by atoms with Crippen LogP contribution in [0.25, 0.3) is 0 Å². The van der Waals surface area contributed by atoms with Crippen LogP contribution in [0, 0.1) is 5.92 Å². The average Bonchev–Trinajstić information content (AvgIpc) is 2.99. The van der Waals surface area contributed by atoms with Gasteiger partial charge in [-0.15, -0.1) is 0 Å². The third-order valence-electron chi connectivity index (χ3n) is 4.68. The monoisotopic (exact) mass is 335 g/mol. The van der Waals surface area contributed by atoms with E-state index in [0.717, 1.165) is 19.3 Å². The molecule has 7 nitrogen and oxygen atoms in total. The van der Waals surface area contributed by atoms with Gasteiger partial charge in [-0.3, -0.25) is 14.3 Å². The van der Waals surface area contributed by atoms with E-state index < -0.39 is 5.54 Å². The SMILES string of the molecule is CCCC(C)(N)C(=O)N1CCC(CNC(=O)c2cnn(C)c2)CC1. The number of aromatic nitrogens is 2. The maximum Gasteiger partial charge on any atom is 0.254 e. The fourth-order valence-electron chi connectivity index (χ4n) is 3.21. The van der Waals surface area contributed by atoms with Gasteiger partial charge in [0.05, 0.1) is 17.3 Å². The van der Waals surface area contributed by atoms with E-state index >= 15 is 0 Å². The molecule has 1 fully saturated rings. The Morgan fingerprint density at radius 2 is 2.08 bits per heavy atom. The van der Waals surface area contributed by atoms with Crippen LogP contribution >= 0.6 is 0 Å². The molecule has 134 valence electrons. The minimum absolute atomic E-state index is 0.0437. The summed E-state index contributed by atoms with van der Waals surface area (Å²) in [5.74, 6) is 0.339. The summed E-state index contributed by atoms with van der Waals surface area (Å²) in [5.41, 5.74) is 5.95. The number of carbonyl (C=O) groups is 2. The fourth-order valence-corrected chi connectivity index (χ4v) is 3.21. The first-order valence-corrected chi connectivity index (χ1v) is 8.68. The zero-order valence-electron chi connectivity index (χ0n) is 14.9. The standard InChI is InChI=1S/C17H29N5O2/c1-4-7-17(2,18)16(24)22-8-5-13(6-9-22)10-19-15(23)14-11-20-21(3)12-14/h11-13H,4-10,18H2,1-3H3,(H,19,23). The molecule has 1 aliphatic rings. The van der Waals surface area contributed by atoms with E-state index in [0.29, 0.717) is 37.5 Å². The molecule has 24 heavy (non-hydrogen) atoms. The number of nitrogens with one attached hydrogen (secondary N) is 1. The lowest BCUT2D eigenvalue weighted by molar-refractivity contribution is -0.138. The van der Waals surface area contributed by atoms with Crippen molar-refractivity contribution in [3.05, 3.63) is 18.0 Å². The highest BCUT2D eigenvalue weighted by Crippen LogP contribution is 2.20. The molecule has 1 unspecified atom stereocenters. The Kier molecular flexibility index (Phi) is 5.99. The number of rotatable bonds is 6. The molecule has 0 spiro atoms. The Labute approximate surface area is 143 Å². The molecule has 0 bridgehead atoms. The van der Waals surface area contributed by atoms with Crippen LogP contribution in [0.15, 0.2) is 12.4 Å². The van der Waals surface area contributed by atoms with Crippen molar-refractivity contribution in [3.63, 3.8) is 0 Å². The van der Waals surface area contributed by atoms with Crippen LogP contribution in [-0.2, 0) is 11.8 Å². The maximum absolute atomic E-state index is 12.5. The molecule has 0 saturated carbocycles. The lowest BCUT2D eigenvalue weighted by Gasteiger charge is -2.36. The summed E-state index contributed by atoms with van der Waals surface area (Å²) in [7, 11) is 1.78. The summed E-state index contributed by atoms with van der Waals surface area (Å²) in [6, 6.07) is 0. The number of piperidine rings is 1. The Bertz CT molecular complexity index is 573. The van der Waals surface area contributed by atoms with E-state index in [1.807, 2.05) is 18.7 Å². The molecule has 0 aromatic carbocycles. The molecule has 0 aliphatic carbocycles. The summed E-state index contributed by atoms with van der Waals surface area (Å²) in [6.07, 6.45) is 6.64. The van der Waals surface area contributed by atoms with Gasteiger partial charge >= 0.3 is 0 Å². The smallest absolute Gasteiger partial charge is 0.254 e. The Morgan fingerprint density at radius 1 is 1.42 bits per heavy atom. The van der Waals surface area contributed by atoms with Gasteiger partial charge in [-0.1, -0.05) is 13.3 Å². The van der Waals surface area contributed by atoms with Crippen molar-refractivity contribution >= 4 is 11.8 Å². The van der Waals surface area contributed by atoms with E-state index in [-0.39, 0.29) is 11.8 Å². The second-order valence-electron chi connectivity index (χ2n) is 7.02. The quantitative estimate of drug-likeness (QED) is 0.808. The summed E-state index contributed by atoms with van der Waals surface area (Å²) in [5, 5.41) is 6.96. The predicted molar refractivity (Wildman–Crippen MR) is 92.3 cm³/mol. The van der Waals surface area contributed by atoms with E-state index in [1.165, 1.54) is 0 Å². The molecule has 7 heteroatoms. The molecule has 3 N–H and O–H groups in total. The molecule has 1 aromatic heterocycles. The molecule has 1 saturated heterocycles. The van der Waals surface area contributed by atoms with Crippen molar-refractivity contribution in [1.82, 2.24) is 20.0 Å². The Morgan fingerprint density at radius 3 is 2.62 bits per heavy atom. The Balaban J connectivity index is 1.76. The van der Waals surface area contributed by atoms with Gasteiger partial charge in [0, 0.05) is 32.9 Å². The molecule has 1 aromatic rings. The highest BCUT2D eigenvalue weighted by Gasteiger charge is 2.33. The van der Waals surface area contributed by atoms with Crippen molar-refractivity contribution in [3.8, 4) is 0 Å². The summed E-state index contributed by atoms with van der Waals surface area (Å²) < 4.78 is 1.61. The second-order valence-corrected chi connectivity index (χ2v) is 7.02. The highest BCUT2D eigenvalue weighted by molar-refractivity contribution is 5.93. The number of hydrogen-bond acceptors (Lipinski definition) is 4. The van der Waals surface area contributed by atoms with Crippen LogP contribution in [0.3, 0.4) is 0 Å². The van der Waals surface area contributed by atoms with Gasteiger partial charge in [0.25, 0.3) is 5.91 Å². The zero-order chi connectivity index (χ0) is 17.7. The van der Waals surface area contributed by atoms with Crippen LogP contribution in [0.5, 0.6) is 0 Å². The molecule has 1 atom stereocenters. The highest BCUT2D eigenvalue weighted by atomic mass is 16.2. The maximum atomic E-state index is 12.5. The van der Waals surface area contributed by atoms with Crippen LogP contribution < -0.4 is 11.1 Å². The van der Waals surface area contributed by atoms with Crippen molar-refractivity contribution in [1.29, 1.82) is 0 Å². The van der Waals surface area contributed by atoms with Crippen molar-refractivity contribution in [2.45, 2.75) is 45.1 Å². The normalized spacial score (nSPS) is 18.2. The number of aryl methyl sites for hydroxylation is 1. The van der Waals surface area contributed by atoms with Gasteiger partial charge in [0.1, 0.15) is 0 Å². The van der Waals surface area contributed by atoms with Crippen molar-refractivity contribution < 1.29 is 9.59 Å². The first kappa shape index (κ1) is 18.4. The lowest BCUT2D eigenvalue weighted by atomic mass is 9.92. The van der Waals surface area contributed by atoms with Gasteiger partial charge < -0.3 is 16.0 Å². The van der Waals surface area contributed by atoms with Gasteiger partial charge in [-0.2, -0.15) is 5.10 Å². The van der Waals surface area contributed by atoms with Gasteiger partial charge in [0.15, 0.2) is 0 Å². The number of likely N-dealkylation sites (tertiary alicyclic amines) is 1. The summed E-state index contributed by atoms with van der Waals surface area (Å²) >= 11 is 0. The predicted octanol–water partition coefficient (Wildman–Crippen LogP) is 0.906. The molecular weight excluding hydrogens is 306 g/mol. The molecular formula is C17H29N5O2. The van der Waals surface area contributed by atoms with Crippen molar-refractivity contribution in [2.75, 3.05) is 19.6 Å². The molecule has 2 amide bonds. The van der Waals surface area contributed by atoms with Crippen molar-refractivity contribution in [2.24, 2.45) is 18.7 Å². The topological polar surface area (TPSA) is 93.2 Å². The Hall–Kier alpha value is -1.89. The number of amides is 2. The lowest BCUT2D eigenvalue weighted by Crippen LogP contribution is -2.55. The third-order valence-corrected chi connectivity index (χ3v) is 4.68. The largest absolute Gasteiger partial charge is 0.352 e. The summed E-state index contributed by atoms with van der Waals surface area (Å²) in [4.78, 5) is 26.4. The van der Waals surface area contributed by atoms with E-state index in [4.69, 9.17) is 5.73 Å². The third kappa shape index (κ3) is 4.56. The second kappa shape index (κ2) is 7.79. The van der Waals surface area contributed by atoms with E-state index in [1.54, 1.807) is 24.1 Å². The fraction of sp³-hybridized carbons (Fsp3) is 0.706. The number of nitrogens with two attached hydrogens (primary N) is 1. The van der Waals surface area contributed by atoms with E-state index in [2.05, 4.69) is 10.4 Å². The van der Waals surface area contributed by atoms with Gasteiger partial charge in [-0.25, -0.2) is 0 Å². The number of carbonyl (C=O) groups excluding carboxylic acids is 2.